The van der Waals surface area contributed by atoms with E-state index in [1.807, 2.05) is 34.9 Å². The van der Waals surface area contributed by atoms with Gasteiger partial charge in [-0.3, -0.25) is 0 Å². The van der Waals surface area contributed by atoms with Gasteiger partial charge >= 0.3 is 0 Å². The van der Waals surface area contributed by atoms with Crippen molar-refractivity contribution in [3.8, 4) is 0 Å². The van der Waals surface area contributed by atoms with Crippen molar-refractivity contribution in [2.24, 2.45) is 0 Å². The van der Waals surface area contributed by atoms with E-state index in [4.69, 9.17) is 14.2 Å². The lowest BCUT2D eigenvalue weighted by Gasteiger charge is -2.13. The van der Waals surface area contributed by atoms with Crippen LogP contribution in [0.4, 0.5) is 0 Å². The monoisotopic (exact) mass is 386 g/mol. The summed E-state index contributed by atoms with van der Waals surface area (Å²) >= 11 is 2.19. The SMILES string of the molecule is Ic1ncn(COCc2ccccc2)c1C1OCCO1. The van der Waals surface area contributed by atoms with Crippen molar-refractivity contribution in [3.63, 3.8) is 0 Å². The van der Waals surface area contributed by atoms with Crippen molar-refractivity contribution < 1.29 is 14.2 Å². The van der Waals surface area contributed by atoms with Crippen molar-refractivity contribution in [2.45, 2.75) is 19.6 Å². The second-order valence-electron chi connectivity index (χ2n) is 4.43. The summed E-state index contributed by atoms with van der Waals surface area (Å²) in [6, 6.07) is 10.1. The summed E-state index contributed by atoms with van der Waals surface area (Å²) in [5, 5.41) is 0. The average Bonchev–Trinajstić information content (AvgIpc) is 3.10. The highest BCUT2D eigenvalue weighted by Gasteiger charge is 2.25. The Kier molecular flexibility index (Phi) is 4.66. The Balaban J connectivity index is 1.63. The lowest BCUT2D eigenvalue weighted by atomic mass is 10.2. The van der Waals surface area contributed by atoms with Crippen LogP contribution < -0.4 is 0 Å². The van der Waals surface area contributed by atoms with Crippen molar-refractivity contribution in [1.29, 1.82) is 0 Å². The van der Waals surface area contributed by atoms with Gasteiger partial charge in [0, 0.05) is 0 Å². The molecule has 2 heterocycles. The number of halogens is 1. The molecule has 1 aliphatic rings. The number of hydrogen-bond acceptors (Lipinski definition) is 4. The Labute approximate surface area is 131 Å². The third-order valence-corrected chi connectivity index (χ3v) is 3.85. The van der Waals surface area contributed by atoms with Crippen LogP contribution in [0.2, 0.25) is 0 Å². The molecule has 1 aromatic carbocycles. The molecule has 0 N–H and O–H groups in total. The molecule has 6 heteroatoms. The molecule has 5 nitrogen and oxygen atoms in total. The van der Waals surface area contributed by atoms with Gasteiger partial charge in [0.25, 0.3) is 0 Å². The van der Waals surface area contributed by atoms with Crippen molar-refractivity contribution in [3.05, 3.63) is 51.6 Å². The van der Waals surface area contributed by atoms with E-state index >= 15 is 0 Å². The Morgan fingerprint density at radius 2 is 2.00 bits per heavy atom. The molecule has 0 aliphatic carbocycles. The minimum Gasteiger partial charge on any atom is -0.356 e. The number of rotatable bonds is 5. The molecule has 1 aliphatic heterocycles. The molecule has 3 rings (SSSR count). The van der Waals surface area contributed by atoms with Gasteiger partial charge in [-0.2, -0.15) is 0 Å². The molecule has 0 bridgehead atoms. The molecule has 20 heavy (non-hydrogen) atoms. The van der Waals surface area contributed by atoms with E-state index in [9.17, 15) is 0 Å². The maximum Gasteiger partial charge on any atom is 0.202 e. The zero-order valence-corrected chi connectivity index (χ0v) is 13.0. The van der Waals surface area contributed by atoms with E-state index in [2.05, 4.69) is 27.6 Å². The number of benzene rings is 1. The van der Waals surface area contributed by atoms with E-state index in [1.165, 1.54) is 0 Å². The van der Waals surface area contributed by atoms with E-state index in [-0.39, 0.29) is 6.29 Å². The van der Waals surface area contributed by atoms with Crippen LogP contribution in [0.1, 0.15) is 17.5 Å². The Morgan fingerprint density at radius 3 is 2.75 bits per heavy atom. The van der Waals surface area contributed by atoms with Gasteiger partial charge in [0.15, 0.2) is 0 Å². The van der Waals surface area contributed by atoms with E-state index in [0.717, 1.165) is 15.0 Å². The molecule has 0 spiro atoms. The highest BCUT2D eigenvalue weighted by molar-refractivity contribution is 14.1. The minimum atomic E-state index is -0.329. The molecular formula is C14H15IN2O3. The quantitative estimate of drug-likeness (QED) is 0.742. The number of aromatic nitrogens is 2. The first-order valence-corrected chi connectivity index (χ1v) is 7.48. The third-order valence-electron chi connectivity index (χ3n) is 3.02. The van der Waals surface area contributed by atoms with Gasteiger partial charge in [0.1, 0.15) is 16.1 Å². The van der Waals surface area contributed by atoms with Gasteiger partial charge in [-0.1, -0.05) is 30.3 Å². The predicted octanol–water partition coefficient (Wildman–Crippen LogP) is 2.71. The van der Waals surface area contributed by atoms with Gasteiger partial charge in [-0.25, -0.2) is 4.98 Å². The molecule has 106 valence electrons. The molecule has 0 unspecified atom stereocenters. The smallest absolute Gasteiger partial charge is 0.202 e. The molecule has 0 radical (unpaired) electrons. The standard InChI is InChI=1S/C14H15IN2O3/c15-13-12(14-19-6-7-20-14)17(9-16-13)10-18-8-11-4-2-1-3-5-11/h1-5,9,14H,6-8,10H2. The van der Waals surface area contributed by atoms with Gasteiger partial charge in [0.05, 0.1) is 26.1 Å². The summed E-state index contributed by atoms with van der Waals surface area (Å²) in [6.07, 6.45) is 1.43. The Morgan fingerprint density at radius 1 is 1.25 bits per heavy atom. The summed E-state index contributed by atoms with van der Waals surface area (Å²) in [4.78, 5) is 4.30. The van der Waals surface area contributed by atoms with Gasteiger partial charge in [0.2, 0.25) is 6.29 Å². The van der Waals surface area contributed by atoms with Gasteiger partial charge in [-0.15, -0.1) is 0 Å². The minimum absolute atomic E-state index is 0.329. The van der Waals surface area contributed by atoms with Crippen LogP contribution in [0.5, 0.6) is 0 Å². The summed E-state index contributed by atoms with van der Waals surface area (Å²) in [6.45, 7) is 2.25. The normalized spacial score (nSPS) is 15.8. The fourth-order valence-corrected chi connectivity index (χ4v) is 2.74. The molecule has 1 aromatic heterocycles. The van der Waals surface area contributed by atoms with Gasteiger partial charge in [-0.05, 0) is 28.2 Å². The fourth-order valence-electron chi connectivity index (χ4n) is 2.06. The van der Waals surface area contributed by atoms with Crippen LogP contribution in [0.3, 0.4) is 0 Å². The number of ether oxygens (including phenoxy) is 3. The molecule has 1 fully saturated rings. The first-order valence-electron chi connectivity index (χ1n) is 6.40. The maximum absolute atomic E-state index is 5.73. The first-order chi connectivity index (χ1) is 9.84. The van der Waals surface area contributed by atoms with E-state index in [1.54, 1.807) is 6.33 Å². The second-order valence-corrected chi connectivity index (χ2v) is 5.45. The Bertz CT molecular complexity index is 553. The first kappa shape index (κ1) is 14.0. The fraction of sp³-hybridized carbons (Fsp3) is 0.357. The highest BCUT2D eigenvalue weighted by atomic mass is 127. The molecule has 0 saturated carbocycles. The molecule has 2 aromatic rings. The molecule has 0 amide bonds. The Hall–Kier alpha value is -0.960. The van der Waals surface area contributed by atoms with Gasteiger partial charge < -0.3 is 18.8 Å². The molecular weight excluding hydrogens is 371 g/mol. The van der Waals surface area contributed by atoms with Crippen molar-refractivity contribution in [2.75, 3.05) is 13.2 Å². The summed E-state index contributed by atoms with van der Waals surface area (Å²) in [5.41, 5.74) is 2.08. The largest absolute Gasteiger partial charge is 0.356 e. The average molecular weight is 386 g/mol. The van der Waals surface area contributed by atoms with Crippen molar-refractivity contribution in [1.82, 2.24) is 9.55 Å². The molecule has 0 atom stereocenters. The number of nitrogens with zero attached hydrogens (tertiary/aromatic N) is 2. The zero-order chi connectivity index (χ0) is 13.8. The van der Waals surface area contributed by atoms with Crippen LogP contribution in [0.15, 0.2) is 36.7 Å². The van der Waals surface area contributed by atoms with E-state index in [0.29, 0.717) is 26.6 Å². The van der Waals surface area contributed by atoms with Crippen LogP contribution in [-0.2, 0) is 27.5 Å². The predicted molar refractivity (Wildman–Crippen MR) is 80.8 cm³/mol. The maximum atomic E-state index is 5.73. The third kappa shape index (κ3) is 3.20. The highest BCUT2D eigenvalue weighted by Crippen LogP contribution is 2.27. The number of hydrogen-bond donors (Lipinski definition) is 0. The summed E-state index contributed by atoms with van der Waals surface area (Å²) in [5.74, 6) is 0. The van der Waals surface area contributed by atoms with Crippen LogP contribution in [-0.4, -0.2) is 22.8 Å². The lowest BCUT2D eigenvalue weighted by molar-refractivity contribution is -0.0552. The lowest BCUT2D eigenvalue weighted by Crippen LogP contribution is -2.11. The van der Waals surface area contributed by atoms with Crippen molar-refractivity contribution >= 4 is 22.6 Å². The zero-order valence-electron chi connectivity index (χ0n) is 10.9. The van der Waals surface area contributed by atoms with Crippen LogP contribution >= 0.6 is 22.6 Å². The second kappa shape index (κ2) is 6.66. The van der Waals surface area contributed by atoms with Crippen LogP contribution in [0, 0.1) is 3.70 Å². The number of imidazole rings is 1. The molecule has 1 saturated heterocycles. The summed E-state index contributed by atoms with van der Waals surface area (Å²) < 4.78 is 19.6. The van der Waals surface area contributed by atoms with E-state index < -0.39 is 0 Å². The topological polar surface area (TPSA) is 45.5 Å². The van der Waals surface area contributed by atoms with Crippen LogP contribution in [0.25, 0.3) is 0 Å². The summed E-state index contributed by atoms with van der Waals surface area (Å²) in [7, 11) is 0.